The second-order valence-corrected chi connectivity index (χ2v) is 5.35. The first kappa shape index (κ1) is 12.2. The summed E-state index contributed by atoms with van der Waals surface area (Å²) in [5.74, 6) is 0.540. The van der Waals surface area contributed by atoms with Crippen molar-refractivity contribution in [3.05, 3.63) is 30.0 Å². The number of nitrogens with two attached hydrogens (primary N) is 1. The Hall–Kier alpha value is -1.88. The van der Waals surface area contributed by atoms with Gasteiger partial charge >= 0.3 is 0 Å². The molecule has 0 saturated carbocycles. The lowest BCUT2D eigenvalue weighted by Gasteiger charge is -2.35. The van der Waals surface area contributed by atoms with E-state index in [0.29, 0.717) is 18.0 Å². The standard InChI is InChI=1S/C14H18N4O/c1-9-4-5-18(8-12(9)15)14(19)10-2-3-11-7-16-17-13(11)6-10/h2-3,6-7,9,12H,4-5,8,15H2,1H3,(H,16,17). The van der Waals surface area contributed by atoms with Crippen molar-refractivity contribution in [1.29, 1.82) is 0 Å². The number of rotatable bonds is 1. The number of carbonyl (C=O) groups is 1. The van der Waals surface area contributed by atoms with E-state index in [1.54, 1.807) is 6.20 Å². The molecule has 1 fully saturated rings. The fraction of sp³-hybridized carbons (Fsp3) is 0.429. The van der Waals surface area contributed by atoms with Crippen LogP contribution in [0.1, 0.15) is 23.7 Å². The van der Waals surface area contributed by atoms with Crippen LogP contribution in [-0.2, 0) is 0 Å². The zero-order valence-corrected chi connectivity index (χ0v) is 11.0. The van der Waals surface area contributed by atoms with Crippen LogP contribution in [0.15, 0.2) is 24.4 Å². The highest BCUT2D eigenvalue weighted by atomic mass is 16.2. The molecule has 1 aliphatic rings. The number of piperidine rings is 1. The van der Waals surface area contributed by atoms with E-state index in [0.717, 1.165) is 23.9 Å². The van der Waals surface area contributed by atoms with Gasteiger partial charge in [0.2, 0.25) is 0 Å². The van der Waals surface area contributed by atoms with Crippen LogP contribution < -0.4 is 5.73 Å². The van der Waals surface area contributed by atoms with Crippen molar-refractivity contribution in [3.63, 3.8) is 0 Å². The van der Waals surface area contributed by atoms with Crippen molar-refractivity contribution in [3.8, 4) is 0 Å². The number of H-pyrrole nitrogens is 1. The molecule has 5 heteroatoms. The van der Waals surface area contributed by atoms with E-state index in [-0.39, 0.29) is 11.9 Å². The van der Waals surface area contributed by atoms with Crippen LogP contribution >= 0.6 is 0 Å². The van der Waals surface area contributed by atoms with Crippen molar-refractivity contribution in [2.45, 2.75) is 19.4 Å². The molecule has 0 radical (unpaired) electrons. The van der Waals surface area contributed by atoms with Crippen molar-refractivity contribution in [2.24, 2.45) is 11.7 Å². The lowest BCUT2D eigenvalue weighted by molar-refractivity contribution is 0.0672. The van der Waals surface area contributed by atoms with Crippen LogP contribution in [0.4, 0.5) is 0 Å². The largest absolute Gasteiger partial charge is 0.337 e. The molecule has 0 spiro atoms. The number of carbonyl (C=O) groups excluding carboxylic acids is 1. The van der Waals surface area contributed by atoms with Gasteiger partial charge in [0.1, 0.15) is 0 Å². The normalized spacial score (nSPS) is 23.8. The van der Waals surface area contributed by atoms with Gasteiger partial charge in [0.25, 0.3) is 5.91 Å². The maximum Gasteiger partial charge on any atom is 0.253 e. The molecule has 2 heterocycles. The Balaban J connectivity index is 1.83. The predicted molar refractivity (Wildman–Crippen MR) is 73.8 cm³/mol. The van der Waals surface area contributed by atoms with Crippen LogP contribution in [0, 0.1) is 5.92 Å². The van der Waals surface area contributed by atoms with E-state index in [4.69, 9.17) is 5.73 Å². The Morgan fingerprint density at radius 1 is 1.53 bits per heavy atom. The number of aromatic nitrogens is 2. The van der Waals surface area contributed by atoms with Crippen molar-refractivity contribution < 1.29 is 4.79 Å². The van der Waals surface area contributed by atoms with Crippen molar-refractivity contribution in [2.75, 3.05) is 13.1 Å². The van der Waals surface area contributed by atoms with Crippen LogP contribution in [-0.4, -0.2) is 40.1 Å². The minimum absolute atomic E-state index is 0.0545. The molecule has 5 nitrogen and oxygen atoms in total. The zero-order chi connectivity index (χ0) is 13.4. The number of nitrogens with zero attached hydrogens (tertiary/aromatic N) is 2. The summed E-state index contributed by atoms with van der Waals surface area (Å²) in [5.41, 5.74) is 7.63. The highest BCUT2D eigenvalue weighted by Crippen LogP contribution is 2.19. The molecule has 19 heavy (non-hydrogen) atoms. The van der Waals surface area contributed by atoms with Gasteiger partial charge in [-0.25, -0.2) is 0 Å². The third-order valence-corrected chi connectivity index (χ3v) is 3.99. The molecular formula is C14H18N4O. The van der Waals surface area contributed by atoms with E-state index < -0.39 is 0 Å². The zero-order valence-electron chi connectivity index (χ0n) is 11.0. The molecule has 1 amide bonds. The van der Waals surface area contributed by atoms with Gasteiger partial charge in [0.05, 0.1) is 11.7 Å². The first-order valence-electron chi connectivity index (χ1n) is 6.63. The first-order valence-corrected chi connectivity index (χ1v) is 6.63. The van der Waals surface area contributed by atoms with E-state index >= 15 is 0 Å². The van der Waals surface area contributed by atoms with Crippen molar-refractivity contribution >= 4 is 16.8 Å². The second kappa shape index (κ2) is 4.66. The number of hydrogen-bond donors (Lipinski definition) is 2. The molecular weight excluding hydrogens is 240 g/mol. The molecule has 1 aromatic carbocycles. The molecule has 3 N–H and O–H groups in total. The van der Waals surface area contributed by atoms with Crippen LogP contribution in [0.25, 0.3) is 10.9 Å². The maximum atomic E-state index is 12.5. The van der Waals surface area contributed by atoms with Gasteiger partial charge in [-0.2, -0.15) is 5.10 Å². The molecule has 100 valence electrons. The molecule has 0 aliphatic carbocycles. The average Bonchev–Trinajstić information content (AvgIpc) is 2.88. The minimum atomic E-state index is 0.0545. The Bertz CT molecular complexity index is 606. The van der Waals surface area contributed by atoms with E-state index in [9.17, 15) is 4.79 Å². The number of fused-ring (bicyclic) bond motifs is 1. The Kier molecular flexibility index (Phi) is 2.98. The number of amides is 1. The molecule has 3 rings (SSSR count). The summed E-state index contributed by atoms with van der Waals surface area (Å²) >= 11 is 0. The highest BCUT2D eigenvalue weighted by molar-refractivity contribution is 5.97. The molecule has 1 saturated heterocycles. The van der Waals surface area contributed by atoms with Gasteiger partial charge in [-0.3, -0.25) is 9.89 Å². The first-order chi connectivity index (χ1) is 9.15. The number of likely N-dealkylation sites (tertiary alicyclic amines) is 1. The summed E-state index contributed by atoms with van der Waals surface area (Å²) in [6.45, 7) is 3.57. The van der Waals surface area contributed by atoms with E-state index in [1.807, 2.05) is 23.1 Å². The van der Waals surface area contributed by atoms with Gasteiger partial charge in [-0.05, 0) is 24.5 Å². The topological polar surface area (TPSA) is 75.0 Å². The van der Waals surface area contributed by atoms with Gasteiger partial charge in [0, 0.05) is 30.1 Å². The summed E-state index contributed by atoms with van der Waals surface area (Å²) < 4.78 is 0. The molecule has 2 unspecified atom stereocenters. The lowest BCUT2D eigenvalue weighted by atomic mass is 9.94. The van der Waals surface area contributed by atoms with Crippen LogP contribution in [0.5, 0.6) is 0 Å². The third kappa shape index (κ3) is 2.21. The second-order valence-electron chi connectivity index (χ2n) is 5.35. The number of benzene rings is 1. The van der Waals surface area contributed by atoms with Gasteiger partial charge in [-0.15, -0.1) is 0 Å². The molecule has 1 aliphatic heterocycles. The summed E-state index contributed by atoms with van der Waals surface area (Å²) in [7, 11) is 0. The van der Waals surface area contributed by atoms with Crippen LogP contribution in [0.2, 0.25) is 0 Å². The quantitative estimate of drug-likeness (QED) is 0.811. The summed E-state index contributed by atoms with van der Waals surface area (Å²) in [4.78, 5) is 14.3. The molecule has 1 aromatic heterocycles. The maximum absolute atomic E-state index is 12.5. The molecule has 2 atom stereocenters. The number of aromatic amines is 1. The summed E-state index contributed by atoms with van der Waals surface area (Å²) in [6, 6.07) is 5.70. The number of hydrogen-bond acceptors (Lipinski definition) is 3. The van der Waals surface area contributed by atoms with E-state index in [1.165, 1.54) is 0 Å². The predicted octanol–water partition coefficient (Wildman–Crippen LogP) is 1.37. The monoisotopic (exact) mass is 258 g/mol. The molecule has 2 aromatic rings. The summed E-state index contributed by atoms with van der Waals surface area (Å²) in [5, 5.41) is 7.87. The smallest absolute Gasteiger partial charge is 0.253 e. The summed E-state index contributed by atoms with van der Waals surface area (Å²) in [6.07, 6.45) is 2.72. The Morgan fingerprint density at radius 2 is 2.37 bits per heavy atom. The number of nitrogens with one attached hydrogen (secondary N) is 1. The minimum Gasteiger partial charge on any atom is -0.337 e. The van der Waals surface area contributed by atoms with Gasteiger partial charge in [0.15, 0.2) is 0 Å². The Labute approximate surface area is 111 Å². The van der Waals surface area contributed by atoms with Gasteiger partial charge < -0.3 is 10.6 Å². The lowest BCUT2D eigenvalue weighted by Crippen LogP contribution is -2.49. The van der Waals surface area contributed by atoms with E-state index in [2.05, 4.69) is 17.1 Å². The van der Waals surface area contributed by atoms with Crippen LogP contribution in [0.3, 0.4) is 0 Å². The van der Waals surface area contributed by atoms with Gasteiger partial charge in [-0.1, -0.05) is 13.0 Å². The third-order valence-electron chi connectivity index (χ3n) is 3.99. The SMILES string of the molecule is CC1CCN(C(=O)c2ccc3cn[nH]c3c2)CC1N. The fourth-order valence-corrected chi connectivity index (χ4v) is 2.54. The molecule has 0 bridgehead atoms. The average molecular weight is 258 g/mol. The Morgan fingerprint density at radius 3 is 3.16 bits per heavy atom. The van der Waals surface area contributed by atoms with Crippen molar-refractivity contribution in [1.82, 2.24) is 15.1 Å². The fourth-order valence-electron chi connectivity index (χ4n) is 2.54. The highest BCUT2D eigenvalue weighted by Gasteiger charge is 2.26.